The summed E-state index contributed by atoms with van der Waals surface area (Å²) < 4.78 is 2.00. The first-order chi connectivity index (χ1) is 10.1. The van der Waals surface area contributed by atoms with Gasteiger partial charge in [0.15, 0.2) is 0 Å². The molecular weight excluding hydrogens is 443 g/mol. The maximum Gasteiger partial charge on any atom is 0.255 e. The van der Waals surface area contributed by atoms with Crippen LogP contribution in [0.5, 0.6) is 0 Å². The molecule has 3 rings (SSSR count). The molecule has 0 radical (unpaired) electrons. The van der Waals surface area contributed by atoms with Crippen molar-refractivity contribution in [3.05, 3.63) is 31.8 Å². The van der Waals surface area contributed by atoms with Gasteiger partial charge in [0.05, 0.1) is 5.56 Å². The van der Waals surface area contributed by atoms with Crippen molar-refractivity contribution in [2.45, 2.75) is 31.7 Å². The maximum atomic E-state index is 12.7. The predicted molar refractivity (Wildman–Crippen MR) is 96.6 cm³/mol. The fraction of sp³-hybridized carbons (Fsp3) is 0.562. The van der Waals surface area contributed by atoms with Gasteiger partial charge < -0.3 is 9.80 Å². The Bertz CT molecular complexity index is 523. The number of halogens is 2. The highest BCUT2D eigenvalue weighted by atomic mass is 127. The summed E-state index contributed by atoms with van der Waals surface area (Å²) in [6, 6.07) is 6.64. The molecule has 2 aliphatic heterocycles. The van der Waals surface area contributed by atoms with Gasteiger partial charge in [0.1, 0.15) is 0 Å². The number of hydrogen-bond acceptors (Lipinski definition) is 2. The Balaban J connectivity index is 1.63. The summed E-state index contributed by atoms with van der Waals surface area (Å²) in [5, 5.41) is 0. The lowest BCUT2D eigenvalue weighted by molar-refractivity contribution is 0.0643. The number of nitrogens with zero attached hydrogens (tertiary/aromatic N) is 2. The highest BCUT2D eigenvalue weighted by molar-refractivity contribution is 14.1. The number of amides is 1. The lowest BCUT2D eigenvalue weighted by Gasteiger charge is -2.36. The summed E-state index contributed by atoms with van der Waals surface area (Å²) in [4.78, 5) is 17.3. The molecule has 114 valence electrons. The molecule has 1 aromatic carbocycles. The van der Waals surface area contributed by atoms with E-state index in [1.165, 1.54) is 25.9 Å². The molecule has 0 N–H and O–H groups in total. The molecule has 0 atom stereocenters. The molecule has 2 fully saturated rings. The van der Waals surface area contributed by atoms with Gasteiger partial charge in [0.25, 0.3) is 5.91 Å². The number of benzene rings is 1. The first kappa shape index (κ1) is 15.7. The second kappa shape index (κ2) is 6.96. The first-order valence-electron chi connectivity index (χ1n) is 7.63. The minimum absolute atomic E-state index is 0.167. The van der Waals surface area contributed by atoms with Crippen LogP contribution in [-0.2, 0) is 0 Å². The summed E-state index contributed by atoms with van der Waals surface area (Å²) in [5.41, 5.74) is 0.793. The minimum atomic E-state index is 0.167. The van der Waals surface area contributed by atoms with Crippen LogP contribution in [0.4, 0.5) is 0 Å². The highest BCUT2D eigenvalue weighted by Crippen LogP contribution is 2.25. The average Bonchev–Trinajstić information content (AvgIpc) is 3.03. The Labute approximate surface area is 148 Å². The third-order valence-electron chi connectivity index (χ3n) is 4.57. The molecular formula is C16H20BrIN2O. The van der Waals surface area contributed by atoms with Crippen LogP contribution in [-0.4, -0.2) is 47.9 Å². The van der Waals surface area contributed by atoms with Gasteiger partial charge >= 0.3 is 0 Å². The van der Waals surface area contributed by atoms with Crippen LogP contribution < -0.4 is 0 Å². The summed E-state index contributed by atoms with van der Waals surface area (Å²) in [7, 11) is 0. The molecule has 2 aliphatic rings. The number of piperidine rings is 1. The van der Waals surface area contributed by atoms with E-state index in [-0.39, 0.29) is 5.91 Å². The largest absolute Gasteiger partial charge is 0.338 e. The molecule has 1 aromatic rings. The molecule has 2 saturated heterocycles. The molecule has 3 nitrogen and oxygen atoms in total. The van der Waals surface area contributed by atoms with Crippen molar-refractivity contribution in [3.63, 3.8) is 0 Å². The van der Waals surface area contributed by atoms with Gasteiger partial charge in [-0.05, 0) is 95.5 Å². The minimum Gasteiger partial charge on any atom is -0.338 e. The van der Waals surface area contributed by atoms with Gasteiger partial charge in [-0.3, -0.25) is 4.79 Å². The predicted octanol–water partition coefficient (Wildman–Crippen LogP) is 3.75. The molecule has 0 bridgehead atoms. The van der Waals surface area contributed by atoms with E-state index in [9.17, 15) is 4.79 Å². The molecule has 0 unspecified atom stereocenters. The van der Waals surface area contributed by atoms with E-state index < -0.39 is 0 Å². The Morgan fingerprint density at radius 2 is 1.81 bits per heavy atom. The van der Waals surface area contributed by atoms with Crippen molar-refractivity contribution < 1.29 is 4.79 Å². The quantitative estimate of drug-likeness (QED) is 0.625. The zero-order valence-electron chi connectivity index (χ0n) is 12.0. The normalized spacial score (nSPS) is 21.0. The fourth-order valence-electron chi connectivity index (χ4n) is 3.37. The Kier molecular flexibility index (Phi) is 5.22. The lowest BCUT2D eigenvalue weighted by Crippen LogP contribution is -2.46. The van der Waals surface area contributed by atoms with Crippen molar-refractivity contribution in [1.82, 2.24) is 9.80 Å². The standard InChI is InChI=1S/C16H20BrIN2O/c17-15-4-3-12(18)11-14(15)16(21)20-9-5-13(6-10-20)19-7-1-2-8-19/h3-4,11,13H,1-2,5-10H2. The maximum absolute atomic E-state index is 12.7. The van der Waals surface area contributed by atoms with E-state index in [1.807, 2.05) is 23.1 Å². The molecule has 5 heteroatoms. The van der Waals surface area contributed by atoms with Gasteiger partial charge in [-0.2, -0.15) is 0 Å². The Morgan fingerprint density at radius 1 is 1.14 bits per heavy atom. The van der Waals surface area contributed by atoms with Crippen molar-refractivity contribution in [2.24, 2.45) is 0 Å². The second-order valence-electron chi connectivity index (χ2n) is 5.89. The molecule has 0 spiro atoms. The van der Waals surface area contributed by atoms with E-state index in [2.05, 4.69) is 43.4 Å². The lowest BCUT2D eigenvalue weighted by atomic mass is 10.0. The van der Waals surface area contributed by atoms with Crippen LogP contribution in [0.25, 0.3) is 0 Å². The van der Waals surface area contributed by atoms with Crippen LogP contribution >= 0.6 is 38.5 Å². The fourth-order valence-corrected chi connectivity index (χ4v) is 4.28. The van der Waals surface area contributed by atoms with Gasteiger partial charge in [-0.1, -0.05) is 0 Å². The number of carbonyl (C=O) groups is 1. The third kappa shape index (κ3) is 3.62. The molecule has 2 heterocycles. The van der Waals surface area contributed by atoms with Crippen molar-refractivity contribution >= 4 is 44.4 Å². The van der Waals surface area contributed by atoms with Gasteiger partial charge in [-0.25, -0.2) is 0 Å². The van der Waals surface area contributed by atoms with Crippen LogP contribution in [0.2, 0.25) is 0 Å². The molecule has 0 aromatic heterocycles. The van der Waals surface area contributed by atoms with Gasteiger partial charge in [-0.15, -0.1) is 0 Å². The highest BCUT2D eigenvalue weighted by Gasteiger charge is 2.29. The summed E-state index contributed by atoms with van der Waals surface area (Å²) in [6.07, 6.45) is 4.92. The van der Waals surface area contributed by atoms with Crippen LogP contribution in [0.15, 0.2) is 22.7 Å². The average molecular weight is 463 g/mol. The molecule has 0 saturated carbocycles. The zero-order chi connectivity index (χ0) is 14.8. The van der Waals surface area contributed by atoms with Crippen molar-refractivity contribution in [3.8, 4) is 0 Å². The summed E-state index contributed by atoms with van der Waals surface area (Å²) >= 11 is 5.76. The first-order valence-corrected chi connectivity index (χ1v) is 9.51. The topological polar surface area (TPSA) is 23.6 Å². The van der Waals surface area contributed by atoms with Crippen LogP contribution in [0.3, 0.4) is 0 Å². The van der Waals surface area contributed by atoms with Crippen molar-refractivity contribution in [2.75, 3.05) is 26.2 Å². The third-order valence-corrected chi connectivity index (χ3v) is 5.93. The monoisotopic (exact) mass is 462 g/mol. The summed E-state index contributed by atoms with van der Waals surface area (Å²) in [5.74, 6) is 0.167. The number of hydrogen-bond donors (Lipinski definition) is 0. The van der Waals surface area contributed by atoms with Crippen molar-refractivity contribution in [1.29, 1.82) is 0 Å². The van der Waals surface area contributed by atoms with E-state index in [0.29, 0.717) is 6.04 Å². The number of likely N-dealkylation sites (tertiary alicyclic amines) is 2. The molecule has 0 aliphatic carbocycles. The van der Waals surface area contributed by atoms with E-state index in [4.69, 9.17) is 0 Å². The second-order valence-corrected chi connectivity index (χ2v) is 7.99. The molecule has 21 heavy (non-hydrogen) atoms. The van der Waals surface area contributed by atoms with Gasteiger partial charge in [0, 0.05) is 27.2 Å². The smallest absolute Gasteiger partial charge is 0.255 e. The molecule has 1 amide bonds. The van der Waals surface area contributed by atoms with Gasteiger partial charge in [0.2, 0.25) is 0 Å². The zero-order valence-corrected chi connectivity index (χ0v) is 15.8. The van der Waals surface area contributed by atoms with Crippen LogP contribution in [0.1, 0.15) is 36.0 Å². The SMILES string of the molecule is O=C(c1cc(I)ccc1Br)N1CCC(N2CCCC2)CC1. The summed E-state index contributed by atoms with van der Waals surface area (Å²) in [6.45, 7) is 4.28. The van der Waals surface area contributed by atoms with E-state index >= 15 is 0 Å². The Morgan fingerprint density at radius 3 is 2.48 bits per heavy atom. The van der Waals surface area contributed by atoms with E-state index in [1.54, 1.807) is 0 Å². The number of rotatable bonds is 2. The van der Waals surface area contributed by atoms with Crippen LogP contribution in [0, 0.1) is 3.57 Å². The Hall–Kier alpha value is -0.140. The van der Waals surface area contributed by atoms with E-state index in [0.717, 1.165) is 39.5 Å². The number of carbonyl (C=O) groups excluding carboxylic acids is 1.